The van der Waals surface area contributed by atoms with Crippen LogP contribution in [0.1, 0.15) is 32.1 Å². The molecular weight excluding hydrogens is 276 g/mol. The standard InChI is InChI=1S/C14H26N2O5/c1-20-10-11-21-9-7-15-14(19)16-8-3-2-4-12(16)5-6-13(17)18/h12H,2-11H2,1H3,(H,15,19)(H,17,18). The van der Waals surface area contributed by atoms with Gasteiger partial charge in [-0.05, 0) is 25.7 Å². The highest BCUT2D eigenvalue weighted by Crippen LogP contribution is 2.20. The maximum atomic E-state index is 12.1. The van der Waals surface area contributed by atoms with Crippen LogP contribution in [0.25, 0.3) is 0 Å². The average Bonchev–Trinajstić information content (AvgIpc) is 2.48. The van der Waals surface area contributed by atoms with Gasteiger partial charge in [-0.2, -0.15) is 0 Å². The Morgan fingerprint density at radius 2 is 2.10 bits per heavy atom. The van der Waals surface area contributed by atoms with Gasteiger partial charge in [-0.1, -0.05) is 0 Å². The summed E-state index contributed by atoms with van der Waals surface area (Å²) in [6.45, 7) is 2.64. The zero-order chi connectivity index (χ0) is 15.5. The van der Waals surface area contributed by atoms with E-state index in [9.17, 15) is 9.59 Å². The first-order valence-electron chi connectivity index (χ1n) is 7.48. The quantitative estimate of drug-likeness (QED) is 0.622. The zero-order valence-corrected chi connectivity index (χ0v) is 12.7. The van der Waals surface area contributed by atoms with E-state index < -0.39 is 5.97 Å². The second-order valence-corrected chi connectivity index (χ2v) is 5.11. The molecule has 1 unspecified atom stereocenters. The Bertz CT molecular complexity index is 324. The minimum absolute atomic E-state index is 0.0317. The topological polar surface area (TPSA) is 88.1 Å². The largest absolute Gasteiger partial charge is 0.481 e. The second kappa shape index (κ2) is 10.4. The Balaban J connectivity index is 2.26. The lowest BCUT2D eigenvalue weighted by Gasteiger charge is -2.35. The van der Waals surface area contributed by atoms with E-state index in [0.717, 1.165) is 19.3 Å². The number of nitrogens with one attached hydrogen (secondary N) is 1. The van der Waals surface area contributed by atoms with Gasteiger partial charge in [0, 0.05) is 32.7 Å². The van der Waals surface area contributed by atoms with E-state index in [1.807, 2.05) is 0 Å². The third kappa shape index (κ3) is 7.29. The van der Waals surface area contributed by atoms with Crippen molar-refractivity contribution < 1.29 is 24.2 Å². The van der Waals surface area contributed by atoms with Crippen molar-refractivity contribution in [2.45, 2.75) is 38.1 Å². The summed E-state index contributed by atoms with van der Waals surface area (Å²) >= 11 is 0. The van der Waals surface area contributed by atoms with Gasteiger partial charge in [0.15, 0.2) is 0 Å². The van der Waals surface area contributed by atoms with Gasteiger partial charge >= 0.3 is 12.0 Å². The fraction of sp³-hybridized carbons (Fsp3) is 0.857. The number of methoxy groups -OCH3 is 1. The summed E-state index contributed by atoms with van der Waals surface area (Å²) in [5, 5.41) is 11.6. The van der Waals surface area contributed by atoms with Gasteiger partial charge in [0.05, 0.1) is 19.8 Å². The summed E-state index contributed by atoms with van der Waals surface area (Å²) in [7, 11) is 1.61. The number of aliphatic carboxylic acids is 1. The molecule has 7 heteroatoms. The molecule has 1 heterocycles. The van der Waals surface area contributed by atoms with Crippen LogP contribution in [0.4, 0.5) is 4.79 Å². The van der Waals surface area contributed by atoms with Crippen molar-refractivity contribution in [3.05, 3.63) is 0 Å². The normalized spacial score (nSPS) is 18.5. The maximum absolute atomic E-state index is 12.1. The number of carbonyl (C=O) groups is 2. The number of ether oxygens (including phenoxy) is 2. The molecule has 0 aromatic rings. The van der Waals surface area contributed by atoms with Crippen LogP contribution in [0.2, 0.25) is 0 Å². The van der Waals surface area contributed by atoms with Crippen LogP contribution in [-0.4, -0.2) is 68.1 Å². The monoisotopic (exact) mass is 302 g/mol. The molecule has 1 aliphatic rings. The van der Waals surface area contributed by atoms with Crippen LogP contribution in [0, 0.1) is 0 Å². The van der Waals surface area contributed by atoms with Gasteiger partial charge in [0.25, 0.3) is 0 Å². The van der Waals surface area contributed by atoms with Crippen molar-refractivity contribution in [3.63, 3.8) is 0 Å². The highest BCUT2D eigenvalue weighted by Gasteiger charge is 2.26. The lowest BCUT2D eigenvalue weighted by atomic mass is 9.98. The first-order chi connectivity index (χ1) is 10.1. The smallest absolute Gasteiger partial charge is 0.317 e. The summed E-state index contributed by atoms with van der Waals surface area (Å²) in [6.07, 6.45) is 3.53. The highest BCUT2D eigenvalue weighted by atomic mass is 16.5. The van der Waals surface area contributed by atoms with E-state index in [4.69, 9.17) is 14.6 Å². The Labute approximate surface area is 125 Å². The number of piperidine rings is 1. The molecule has 0 aromatic heterocycles. The van der Waals surface area contributed by atoms with Crippen LogP contribution in [0.5, 0.6) is 0 Å². The number of urea groups is 1. The second-order valence-electron chi connectivity index (χ2n) is 5.11. The number of amides is 2. The van der Waals surface area contributed by atoms with E-state index in [2.05, 4.69) is 5.32 Å². The fourth-order valence-corrected chi connectivity index (χ4v) is 2.43. The molecule has 0 saturated carbocycles. The van der Waals surface area contributed by atoms with Crippen molar-refractivity contribution >= 4 is 12.0 Å². The first-order valence-corrected chi connectivity index (χ1v) is 7.48. The van der Waals surface area contributed by atoms with Crippen molar-refractivity contribution in [1.82, 2.24) is 10.2 Å². The Kier molecular flexibility index (Phi) is 8.77. The Morgan fingerprint density at radius 1 is 1.29 bits per heavy atom. The van der Waals surface area contributed by atoms with Gasteiger partial charge < -0.3 is 24.8 Å². The van der Waals surface area contributed by atoms with Crippen molar-refractivity contribution in [2.24, 2.45) is 0 Å². The molecule has 2 N–H and O–H groups in total. The number of carboxylic acids is 1. The van der Waals surface area contributed by atoms with Crippen LogP contribution in [0.15, 0.2) is 0 Å². The number of hydrogen-bond acceptors (Lipinski definition) is 4. The molecule has 0 bridgehead atoms. The lowest BCUT2D eigenvalue weighted by Crippen LogP contribution is -2.49. The molecule has 1 rings (SSSR count). The number of carbonyl (C=O) groups excluding carboxylic acids is 1. The minimum Gasteiger partial charge on any atom is -0.481 e. The predicted octanol–water partition coefficient (Wildman–Crippen LogP) is 1.08. The van der Waals surface area contributed by atoms with E-state index in [0.29, 0.717) is 39.3 Å². The SMILES string of the molecule is COCCOCCNC(=O)N1CCCCC1CCC(=O)O. The zero-order valence-electron chi connectivity index (χ0n) is 12.7. The first kappa shape index (κ1) is 17.7. The predicted molar refractivity (Wildman–Crippen MR) is 77.3 cm³/mol. The van der Waals surface area contributed by atoms with E-state index in [1.54, 1.807) is 12.0 Å². The molecule has 2 amide bonds. The van der Waals surface area contributed by atoms with Gasteiger partial charge in [-0.15, -0.1) is 0 Å². The van der Waals surface area contributed by atoms with Gasteiger partial charge in [0.1, 0.15) is 0 Å². The van der Waals surface area contributed by atoms with Gasteiger partial charge in [0.2, 0.25) is 0 Å². The van der Waals surface area contributed by atoms with Gasteiger partial charge in [-0.25, -0.2) is 4.79 Å². The van der Waals surface area contributed by atoms with Gasteiger partial charge in [-0.3, -0.25) is 4.79 Å². The number of likely N-dealkylation sites (tertiary alicyclic amines) is 1. The molecule has 7 nitrogen and oxygen atoms in total. The van der Waals surface area contributed by atoms with Crippen LogP contribution in [0.3, 0.4) is 0 Å². The lowest BCUT2D eigenvalue weighted by molar-refractivity contribution is -0.137. The number of nitrogens with zero attached hydrogens (tertiary/aromatic N) is 1. The van der Waals surface area contributed by atoms with Crippen molar-refractivity contribution in [2.75, 3.05) is 40.0 Å². The molecular formula is C14H26N2O5. The molecule has 0 radical (unpaired) electrons. The van der Waals surface area contributed by atoms with E-state index in [1.165, 1.54) is 0 Å². The van der Waals surface area contributed by atoms with Crippen molar-refractivity contribution in [1.29, 1.82) is 0 Å². The third-order valence-electron chi connectivity index (χ3n) is 3.53. The number of hydrogen-bond donors (Lipinski definition) is 2. The summed E-state index contributed by atoms with van der Waals surface area (Å²) in [4.78, 5) is 24.6. The number of rotatable bonds is 9. The molecule has 1 fully saturated rings. The van der Waals surface area contributed by atoms with Crippen LogP contribution < -0.4 is 5.32 Å². The minimum atomic E-state index is -0.813. The molecule has 1 atom stereocenters. The average molecular weight is 302 g/mol. The molecule has 0 spiro atoms. The summed E-state index contributed by atoms with van der Waals surface area (Å²) < 4.78 is 10.1. The Morgan fingerprint density at radius 3 is 2.81 bits per heavy atom. The summed E-state index contributed by atoms with van der Waals surface area (Å²) in [5.74, 6) is -0.813. The van der Waals surface area contributed by atoms with Crippen molar-refractivity contribution in [3.8, 4) is 0 Å². The molecule has 122 valence electrons. The summed E-state index contributed by atoms with van der Waals surface area (Å²) in [5.41, 5.74) is 0. The summed E-state index contributed by atoms with van der Waals surface area (Å²) in [6, 6.07) is -0.0929. The molecule has 0 aromatic carbocycles. The molecule has 0 aliphatic carbocycles. The fourth-order valence-electron chi connectivity index (χ4n) is 2.43. The van der Waals surface area contributed by atoms with E-state index >= 15 is 0 Å². The maximum Gasteiger partial charge on any atom is 0.317 e. The van der Waals surface area contributed by atoms with Crippen LogP contribution >= 0.6 is 0 Å². The molecule has 21 heavy (non-hydrogen) atoms. The van der Waals surface area contributed by atoms with E-state index in [-0.39, 0.29) is 18.5 Å². The molecule has 1 aliphatic heterocycles. The third-order valence-corrected chi connectivity index (χ3v) is 3.53. The van der Waals surface area contributed by atoms with Crippen LogP contribution in [-0.2, 0) is 14.3 Å². The Hall–Kier alpha value is -1.34. The highest BCUT2D eigenvalue weighted by molar-refractivity contribution is 5.74. The number of carboxylic acid groups (broad SMARTS) is 1. The molecule has 1 saturated heterocycles.